The number of ketones is 1. The van der Waals surface area contributed by atoms with Gasteiger partial charge in [-0.15, -0.1) is 0 Å². The molecule has 0 fully saturated rings. The minimum absolute atomic E-state index is 0.0230. The zero-order valence-electron chi connectivity index (χ0n) is 21.0. The van der Waals surface area contributed by atoms with Crippen molar-refractivity contribution in [2.24, 2.45) is 0 Å². The number of amides is 1. The van der Waals surface area contributed by atoms with E-state index in [-0.39, 0.29) is 46.2 Å². The van der Waals surface area contributed by atoms with Crippen molar-refractivity contribution in [3.63, 3.8) is 0 Å². The van der Waals surface area contributed by atoms with E-state index in [9.17, 15) is 31.6 Å². The molecule has 0 aliphatic rings. The second-order valence-electron chi connectivity index (χ2n) is 8.15. The average molecular weight is 563 g/mol. The lowest BCUT2D eigenvalue weighted by Crippen LogP contribution is -2.23. The van der Waals surface area contributed by atoms with Gasteiger partial charge in [-0.05, 0) is 61.9 Å². The fourth-order valence-electron chi connectivity index (χ4n) is 3.56. The van der Waals surface area contributed by atoms with E-state index in [1.165, 1.54) is 38.3 Å². The van der Waals surface area contributed by atoms with Gasteiger partial charge in [0.1, 0.15) is 16.5 Å². The summed E-state index contributed by atoms with van der Waals surface area (Å²) in [5.41, 5.74) is -0.0985. The van der Waals surface area contributed by atoms with Gasteiger partial charge in [-0.25, -0.2) is 17.2 Å². The third-order valence-corrected chi connectivity index (χ3v) is 6.69. The highest BCUT2D eigenvalue weighted by Gasteiger charge is 2.25. The number of benzene rings is 3. The molecule has 0 saturated heterocycles. The maximum atomic E-state index is 14.3. The Kier molecular flexibility index (Phi) is 8.86. The van der Waals surface area contributed by atoms with Crippen LogP contribution < -0.4 is 19.5 Å². The molecular weight excluding hydrogens is 538 g/mol. The minimum atomic E-state index is -4.66. The molecule has 10 nitrogen and oxygen atoms in total. The largest absolute Gasteiger partial charge is 0.493 e. The number of anilines is 1. The van der Waals surface area contributed by atoms with Gasteiger partial charge in [0.25, 0.3) is 15.9 Å². The van der Waals surface area contributed by atoms with Crippen molar-refractivity contribution in [2.75, 3.05) is 18.4 Å². The summed E-state index contributed by atoms with van der Waals surface area (Å²) >= 11 is 0. The van der Waals surface area contributed by atoms with Gasteiger partial charge in [0.15, 0.2) is 23.0 Å². The molecule has 0 bridgehead atoms. The van der Waals surface area contributed by atoms with Gasteiger partial charge in [-0.3, -0.25) is 19.1 Å². The number of aliphatic carboxylic acids is 1. The summed E-state index contributed by atoms with van der Waals surface area (Å²) in [6.07, 6.45) is -0.410. The third kappa shape index (κ3) is 6.87. The molecule has 0 spiro atoms. The van der Waals surface area contributed by atoms with E-state index in [2.05, 4.69) is 10.0 Å². The number of hydrogen-bond donors (Lipinski definition) is 3. The van der Waals surface area contributed by atoms with Crippen LogP contribution in [0.2, 0.25) is 0 Å². The lowest BCUT2D eigenvalue weighted by molar-refractivity contribution is -0.136. The van der Waals surface area contributed by atoms with Crippen LogP contribution in [0.5, 0.6) is 17.2 Å². The lowest BCUT2D eigenvalue weighted by atomic mass is 10.0. The number of carboxylic acids is 1. The Balaban J connectivity index is 2.16. The Bertz CT molecular complexity index is 1560. The highest BCUT2D eigenvalue weighted by atomic mass is 32.2. The van der Waals surface area contributed by atoms with Crippen LogP contribution in [-0.2, 0) is 21.2 Å². The maximum absolute atomic E-state index is 14.3. The van der Waals surface area contributed by atoms with Gasteiger partial charge in [0.05, 0.1) is 24.8 Å². The number of methoxy groups -OCH3 is 1. The van der Waals surface area contributed by atoms with Crippen molar-refractivity contribution >= 4 is 33.4 Å². The second-order valence-corrected chi connectivity index (χ2v) is 9.80. The van der Waals surface area contributed by atoms with E-state index in [0.29, 0.717) is 6.07 Å². The zero-order valence-corrected chi connectivity index (χ0v) is 21.8. The summed E-state index contributed by atoms with van der Waals surface area (Å²) in [5.74, 6) is -4.92. The van der Waals surface area contributed by atoms with Gasteiger partial charge < -0.3 is 19.9 Å². The van der Waals surface area contributed by atoms with E-state index in [1.54, 1.807) is 6.92 Å². The number of sulfonamides is 1. The summed E-state index contributed by atoms with van der Waals surface area (Å²) in [4.78, 5) is 35.2. The highest BCUT2D eigenvalue weighted by Crippen LogP contribution is 2.40. The summed E-state index contributed by atoms with van der Waals surface area (Å²) in [6.45, 7) is 3.17. The first-order chi connectivity index (χ1) is 18.4. The van der Waals surface area contributed by atoms with Crippen LogP contribution in [0.1, 0.15) is 40.1 Å². The lowest BCUT2D eigenvalue weighted by Gasteiger charge is -2.19. The van der Waals surface area contributed by atoms with Gasteiger partial charge in [-0.2, -0.15) is 0 Å². The molecule has 13 heteroatoms. The number of rotatable bonds is 11. The number of Topliss-reactive ketones (excluding diaryl/α,β-unsaturated/α-hetero) is 1. The van der Waals surface area contributed by atoms with Crippen molar-refractivity contribution in [2.45, 2.75) is 25.2 Å². The predicted octanol–water partition coefficient (Wildman–Crippen LogP) is 4.15. The molecule has 0 saturated carbocycles. The Morgan fingerprint density at radius 3 is 2.31 bits per heavy atom. The number of halogens is 2. The van der Waals surface area contributed by atoms with Crippen molar-refractivity contribution in [3.05, 3.63) is 76.9 Å². The molecule has 0 aliphatic heterocycles. The molecule has 0 aliphatic carbocycles. The molecule has 0 unspecified atom stereocenters. The number of carbonyl (C=O) groups is 3. The molecule has 3 N–H and O–H groups in total. The third-order valence-electron chi connectivity index (χ3n) is 5.29. The molecule has 39 heavy (non-hydrogen) atoms. The van der Waals surface area contributed by atoms with Crippen LogP contribution in [0.25, 0.3) is 0 Å². The van der Waals surface area contributed by atoms with Crippen LogP contribution in [-0.4, -0.2) is 44.8 Å². The average Bonchev–Trinajstić information content (AvgIpc) is 2.84. The topological polar surface area (TPSA) is 148 Å². The first-order valence-electron chi connectivity index (χ1n) is 11.4. The van der Waals surface area contributed by atoms with Gasteiger partial charge >= 0.3 is 5.97 Å². The van der Waals surface area contributed by atoms with Crippen LogP contribution in [0.15, 0.2) is 53.4 Å². The second kappa shape index (κ2) is 11.9. The summed E-state index contributed by atoms with van der Waals surface area (Å²) < 4.78 is 67.1. The molecule has 0 aromatic heterocycles. The number of ether oxygens (including phenoxy) is 2. The molecule has 206 valence electrons. The van der Waals surface area contributed by atoms with Gasteiger partial charge in [-0.1, -0.05) is 0 Å². The van der Waals surface area contributed by atoms with Crippen molar-refractivity contribution in [1.82, 2.24) is 5.32 Å². The Hall–Kier alpha value is -4.52. The molecule has 0 atom stereocenters. The number of nitrogens with one attached hydrogen (secondary N) is 2. The van der Waals surface area contributed by atoms with Crippen LogP contribution >= 0.6 is 0 Å². The molecular formula is C26H24F2N2O8S. The fourth-order valence-corrected chi connectivity index (χ4v) is 4.68. The maximum Gasteiger partial charge on any atom is 0.307 e. The Morgan fingerprint density at radius 2 is 1.72 bits per heavy atom. The van der Waals surface area contributed by atoms with Gasteiger partial charge in [0.2, 0.25) is 0 Å². The molecule has 3 rings (SSSR count). The van der Waals surface area contributed by atoms with E-state index in [1.807, 2.05) is 0 Å². The Labute approximate surface area is 222 Å². The number of carboxylic acid groups (broad SMARTS) is 1. The van der Waals surface area contributed by atoms with E-state index < -0.39 is 50.6 Å². The summed E-state index contributed by atoms with van der Waals surface area (Å²) in [7, 11) is -3.40. The summed E-state index contributed by atoms with van der Waals surface area (Å²) in [5, 5.41) is 11.7. The van der Waals surface area contributed by atoms with Crippen LogP contribution in [0.4, 0.5) is 14.5 Å². The number of hydrogen-bond acceptors (Lipinski definition) is 7. The van der Waals surface area contributed by atoms with E-state index >= 15 is 0 Å². The molecule has 0 heterocycles. The molecule has 1 amide bonds. The molecule has 3 aromatic rings. The molecule has 3 aromatic carbocycles. The van der Waals surface area contributed by atoms with Gasteiger partial charge in [0, 0.05) is 18.2 Å². The Morgan fingerprint density at radius 1 is 1.00 bits per heavy atom. The molecule has 0 radical (unpaired) electrons. The quantitative estimate of drug-likeness (QED) is 0.295. The standard InChI is InChI=1S/C26H24F2N2O8S/c1-4-29-26(34)16-5-7-21(20(12-16)30-39(35,36)23-8-6-17(27)13-19(23)28)38-25-18(14(2)31)9-15(11-24(32)33)10-22(25)37-3/h5-10,12-13,30H,4,11H2,1-3H3,(H,29,34)(H,32,33). The SMILES string of the molecule is CCNC(=O)c1ccc(Oc2c(OC)cc(CC(=O)O)cc2C(C)=O)c(NS(=O)(=O)c2ccc(F)cc2F)c1. The monoisotopic (exact) mass is 562 g/mol. The normalized spacial score (nSPS) is 11.0. The fraction of sp³-hybridized carbons (Fsp3) is 0.192. The van der Waals surface area contributed by atoms with Crippen LogP contribution in [0, 0.1) is 11.6 Å². The smallest absolute Gasteiger partial charge is 0.307 e. The van der Waals surface area contributed by atoms with Crippen LogP contribution in [0.3, 0.4) is 0 Å². The minimum Gasteiger partial charge on any atom is -0.493 e. The number of carbonyl (C=O) groups excluding carboxylic acids is 2. The zero-order chi connectivity index (χ0) is 28.9. The first kappa shape index (κ1) is 29.0. The van der Waals surface area contributed by atoms with Crippen molar-refractivity contribution < 1.29 is 46.2 Å². The van der Waals surface area contributed by atoms with Crippen molar-refractivity contribution in [3.8, 4) is 17.2 Å². The van der Waals surface area contributed by atoms with E-state index in [4.69, 9.17) is 14.6 Å². The summed E-state index contributed by atoms with van der Waals surface area (Å²) in [6, 6.07) is 8.26. The first-order valence-corrected chi connectivity index (χ1v) is 12.9. The van der Waals surface area contributed by atoms with Crippen molar-refractivity contribution in [1.29, 1.82) is 0 Å². The highest BCUT2D eigenvalue weighted by molar-refractivity contribution is 7.92. The predicted molar refractivity (Wildman–Crippen MR) is 136 cm³/mol. The van der Waals surface area contributed by atoms with E-state index in [0.717, 1.165) is 18.2 Å².